The van der Waals surface area contributed by atoms with E-state index in [1.807, 2.05) is 0 Å². The summed E-state index contributed by atoms with van der Waals surface area (Å²) in [4.78, 5) is 13.3. The van der Waals surface area contributed by atoms with E-state index in [1.165, 1.54) is 16.8 Å². The number of amides is 1. The van der Waals surface area contributed by atoms with Crippen LogP contribution in [0, 0.1) is 5.92 Å². The van der Waals surface area contributed by atoms with Gasteiger partial charge in [0, 0.05) is 41.1 Å². The zero-order valence-corrected chi connectivity index (χ0v) is 18.1. The van der Waals surface area contributed by atoms with Crippen molar-refractivity contribution in [3.05, 3.63) is 58.9 Å². The van der Waals surface area contributed by atoms with Crippen LogP contribution in [0.2, 0.25) is 0 Å². The molecule has 28 heavy (non-hydrogen) atoms. The molecule has 0 radical (unpaired) electrons. The predicted octanol–water partition coefficient (Wildman–Crippen LogP) is 3.64. The minimum Gasteiger partial charge on any atom is -0.378 e. The van der Waals surface area contributed by atoms with Crippen molar-refractivity contribution >= 4 is 21.8 Å². The average molecular weight is 444 g/mol. The van der Waals surface area contributed by atoms with Crippen LogP contribution < -0.4 is 16.0 Å². The van der Waals surface area contributed by atoms with Crippen molar-refractivity contribution in [2.24, 2.45) is 5.92 Å². The molecule has 150 valence electrons. The van der Waals surface area contributed by atoms with Gasteiger partial charge in [-0.05, 0) is 50.2 Å². The first-order valence-corrected chi connectivity index (χ1v) is 11.4. The molecule has 2 aliphatic carbocycles. The van der Waals surface area contributed by atoms with Crippen molar-refractivity contribution in [1.82, 2.24) is 16.0 Å². The first-order chi connectivity index (χ1) is 13.6. The monoisotopic (exact) mass is 443 g/mol. The Balaban J connectivity index is 1.36. The third-order valence-electron chi connectivity index (χ3n) is 6.10. The van der Waals surface area contributed by atoms with Crippen molar-refractivity contribution in [1.29, 1.82) is 0 Å². The van der Waals surface area contributed by atoms with Gasteiger partial charge in [-0.15, -0.1) is 0 Å². The summed E-state index contributed by atoms with van der Waals surface area (Å²) in [5, 5.41) is 10.3. The molecule has 0 fully saturated rings. The van der Waals surface area contributed by atoms with Crippen LogP contribution in [-0.2, 0) is 4.79 Å². The number of allylic oxidation sites excluding steroid dienone is 3. The van der Waals surface area contributed by atoms with Gasteiger partial charge in [-0.2, -0.15) is 0 Å². The second-order valence-corrected chi connectivity index (χ2v) is 9.41. The van der Waals surface area contributed by atoms with E-state index in [4.69, 9.17) is 0 Å². The highest BCUT2D eigenvalue weighted by Gasteiger charge is 2.29. The molecule has 3 N–H and O–H groups in total. The molecule has 0 bridgehead atoms. The van der Waals surface area contributed by atoms with Gasteiger partial charge < -0.3 is 16.0 Å². The Morgan fingerprint density at radius 1 is 1.21 bits per heavy atom. The number of alkyl halides is 1. The van der Waals surface area contributed by atoms with Gasteiger partial charge >= 0.3 is 0 Å². The standard InChI is InChI=1S/C23H30BrN3O/c1-15-5-6-16(13-25-15)14-26-23(28)20-4-2-3-19(20)22-12-11-21(27-22)17-7-9-18(24)10-8-17/h5-9,11,15-16,18,22,25,27H,2-4,10,12-14H2,1H3,(H,26,28). The molecule has 0 saturated carbocycles. The van der Waals surface area contributed by atoms with Crippen molar-refractivity contribution in [3.8, 4) is 0 Å². The van der Waals surface area contributed by atoms with Crippen molar-refractivity contribution in [3.63, 3.8) is 0 Å². The second kappa shape index (κ2) is 8.83. The number of rotatable bonds is 5. The van der Waals surface area contributed by atoms with Crippen LogP contribution in [0.5, 0.6) is 0 Å². The summed E-state index contributed by atoms with van der Waals surface area (Å²) in [6.07, 6.45) is 18.4. The zero-order chi connectivity index (χ0) is 19.5. The number of carbonyl (C=O) groups excluding carboxylic acids is 1. The molecule has 4 atom stereocenters. The lowest BCUT2D eigenvalue weighted by Gasteiger charge is -2.23. The Morgan fingerprint density at radius 3 is 2.86 bits per heavy atom. The van der Waals surface area contributed by atoms with Crippen LogP contribution in [0.25, 0.3) is 0 Å². The van der Waals surface area contributed by atoms with E-state index in [2.05, 4.69) is 75.3 Å². The number of nitrogens with one attached hydrogen (secondary N) is 3. The minimum absolute atomic E-state index is 0.133. The number of carbonyl (C=O) groups is 1. The lowest BCUT2D eigenvalue weighted by atomic mass is 10.0. The van der Waals surface area contributed by atoms with E-state index >= 15 is 0 Å². The Labute approximate surface area is 176 Å². The molecule has 0 saturated heterocycles. The summed E-state index contributed by atoms with van der Waals surface area (Å²) in [5.74, 6) is 0.514. The Kier molecular flexibility index (Phi) is 6.22. The molecule has 0 aromatic heterocycles. The molecule has 4 aliphatic rings. The second-order valence-electron chi connectivity index (χ2n) is 8.23. The third-order valence-corrected chi connectivity index (χ3v) is 6.78. The van der Waals surface area contributed by atoms with E-state index in [1.54, 1.807) is 0 Å². The molecule has 4 nitrogen and oxygen atoms in total. The van der Waals surface area contributed by atoms with Crippen LogP contribution in [0.4, 0.5) is 0 Å². The van der Waals surface area contributed by atoms with Gasteiger partial charge in [0.05, 0.1) is 6.04 Å². The van der Waals surface area contributed by atoms with Crippen LogP contribution in [0.3, 0.4) is 0 Å². The van der Waals surface area contributed by atoms with Crippen molar-refractivity contribution in [2.75, 3.05) is 13.1 Å². The zero-order valence-electron chi connectivity index (χ0n) is 16.5. The summed E-state index contributed by atoms with van der Waals surface area (Å²) >= 11 is 3.63. The minimum atomic E-state index is 0.133. The molecule has 4 rings (SSSR count). The maximum atomic E-state index is 12.9. The van der Waals surface area contributed by atoms with Gasteiger partial charge in [-0.25, -0.2) is 0 Å². The number of hydrogen-bond acceptors (Lipinski definition) is 3. The van der Waals surface area contributed by atoms with E-state index in [0.29, 0.717) is 23.3 Å². The molecule has 0 aromatic rings. The predicted molar refractivity (Wildman–Crippen MR) is 118 cm³/mol. The average Bonchev–Trinajstić information content (AvgIpc) is 3.37. The van der Waals surface area contributed by atoms with E-state index in [0.717, 1.165) is 44.2 Å². The Morgan fingerprint density at radius 2 is 2.11 bits per heavy atom. The van der Waals surface area contributed by atoms with Crippen molar-refractivity contribution in [2.45, 2.75) is 55.9 Å². The first kappa shape index (κ1) is 19.7. The lowest BCUT2D eigenvalue weighted by molar-refractivity contribution is -0.117. The summed E-state index contributed by atoms with van der Waals surface area (Å²) in [6.45, 7) is 3.78. The maximum Gasteiger partial charge on any atom is 0.247 e. The Hall–Kier alpha value is -1.59. The molecular weight excluding hydrogens is 414 g/mol. The summed E-state index contributed by atoms with van der Waals surface area (Å²) in [6, 6.07) is 0.701. The van der Waals surface area contributed by atoms with Crippen LogP contribution in [0.1, 0.15) is 39.0 Å². The van der Waals surface area contributed by atoms with E-state index in [-0.39, 0.29) is 11.9 Å². The van der Waals surface area contributed by atoms with Gasteiger partial charge in [0.1, 0.15) is 0 Å². The van der Waals surface area contributed by atoms with Gasteiger partial charge in [-0.3, -0.25) is 4.79 Å². The van der Waals surface area contributed by atoms with Crippen molar-refractivity contribution < 1.29 is 4.79 Å². The molecular formula is C23H30BrN3O. The molecule has 5 heteroatoms. The normalized spacial score (nSPS) is 32.2. The van der Waals surface area contributed by atoms with Gasteiger partial charge in [0.15, 0.2) is 0 Å². The smallest absolute Gasteiger partial charge is 0.247 e. The molecule has 2 aliphatic heterocycles. The highest BCUT2D eigenvalue weighted by atomic mass is 79.9. The molecule has 0 aromatic carbocycles. The third kappa shape index (κ3) is 4.52. The van der Waals surface area contributed by atoms with Crippen LogP contribution in [0.15, 0.2) is 58.9 Å². The highest BCUT2D eigenvalue weighted by molar-refractivity contribution is 9.09. The maximum absolute atomic E-state index is 12.9. The van der Waals surface area contributed by atoms with Crippen LogP contribution >= 0.6 is 15.9 Å². The fourth-order valence-corrected chi connectivity index (χ4v) is 4.78. The van der Waals surface area contributed by atoms with Crippen LogP contribution in [-0.4, -0.2) is 35.9 Å². The molecule has 0 spiro atoms. The van der Waals surface area contributed by atoms with E-state index < -0.39 is 0 Å². The fourth-order valence-electron chi connectivity index (χ4n) is 4.44. The van der Waals surface area contributed by atoms with Gasteiger partial charge in [0.2, 0.25) is 5.91 Å². The quantitative estimate of drug-likeness (QED) is 0.448. The largest absolute Gasteiger partial charge is 0.378 e. The number of halogens is 1. The SMILES string of the molecule is CC1C=CC(CNC(=O)C2=C(C3CC=C(C4=CCC(Br)C=C4)N3)CCC2)CN1. The summed E-state index contributed by atoms with van der Waals surface area (Å²) in [5.41, 5.74) is 4.82. The fraction of sp³-hybridized carbons (Fsp3) is 0.522. The van der Waals surface area contributed by atoms with Gasteiger partial charge in [0.25, 0.3) is 0 Å². The molecule has 2 heterocycles. The highest BCUT2D eigenvalue weighted by Crippen LogP contribution is 2.34. The van der Waals surface area contributed by atoms with Gasteiger partial charge in [-0.1, -0.05) is 52.4 Å². The Bertz CT molecular complexity index is 777. The summed E-state index contributed by atoms with van der Waals surface area (Å²) in [7, 11) is 0. The summed E-state index contributed by atoms with van der Waals surface area (Å²) < 4.78 is 0. The lowest BCUT2D eigenvalue weighted by Crippen LogP contribution is -2.39. The topological polar surface area (TPSA) is 53.2 Å². The molecule has 4 unspecified atom stereocenters. The number of hydrogen-bond donors (Lipinski definition) is 3. The van der Waals surface area contributed by atoms with E-state index in [9.17, 15) is 4.79 Å². The molecule has 1 amide bonds. The first-order valence-electron chi connectivity index (χ1n) is 10.5.